The van der Waals surface area contributed by atoms with Gasteiger partial charge in [-0.3, -0.25) is 9.59 Å². The lowest BCUT2D eigenvalue weighted by atomic mass is 9.92. The lowest BCUT2D eigenvalue weighted by molar-refractivity contribution is -0.168. The third kappa shape index (κ3) is 6.20. The normalized spacial score (nSPS) is 11.9. The fraction of sp³-hybridized carbons (Fsp3) is 0.310. The first-order valence-electron chi connectivity index (χ1n) is 11.4. The van der Waals surface area contributed by atoms with Crippen molar-refractivity contribution >= 4 is 17.4 Å². The van der Waals surface area contributed by atoms with Gasteiger partial charge in [0.25, 0.3) is 5.91 Å². The van der Waals surface area contributed by atoms with E-state index >= 15 is 0 Å². The number of carbonyl (C=O) groups excluding carboxylic acids is 2. The van der Waals surface area contributed by atoms with E-state index in [1.807, 2.05) is 32.0 Å². The average molecular weight is 480 g/mol. The van der Waals surface area contributed by atoms with Gasteiger partial charge in [-0.05, 0) is 74.2 Å². The maximum atomic E-state index is 14.3. The maximum Gasteiger partial charge on any atom is 0.300 e. The van der Waals surface area contributed by atoms with E-state index in [9.17, 15) is 23.5 Å². The molecule has 0 heterocycles. The Bertz CT molecular complexity index is 1190. The topological polar surface area (TPSA) is 57.6 Å². The minimum absolute atomic E-state index is 0.0709. The predicted octanol–water partition coefficient (Wildman–Crippen LogP) is 5.80. The van der Waals surface area contributed by atoms with E-state index in [2.05, 4.69) is 0 Å². The van der Waals surface area contributed by atoms with Gasteiger partial charge in [-0.15, -0.1) is 0 Å². The second-order valence-corrected chi connectivity index (χ2v) is 9.63. The molecule has 0 bridgehead atoms. The summed E-state index contributed by atoms with van der Waals surface area (Å²) in [5.74, 6) is -3.62. The Morgan fingerprint density at radius 1 is 0.829 bits per heavy atom. The number of Topliss-reactive ketones (excluding diaryl/α,β-unsaturated/α-hetero) is 1. The molecule has 35 heavy (non-hydrogen) atoms. The number of halogens is 2. The zero-order chi connectivity index (χ0) is 26.0. The van der Waals surface area contributed by atoms with E-state index in [4.69, 9.17) is 0 Å². The van der Waals surface area contributed by atoms with Crippen LogP contribution in [0.1, 0.15) is 52.0 Å². The van der Waals surface area contributed by atoms with Gasteiger partial charge in [0.05, 0.1) is 0 Å². The number of alkyl halides is 2. The minimum Gasteiger partial charge on any atom is -0.384 e. The van der Waals surface area contributed by atoms with Gasteiger partial charge < -0.3 is 10.0 Å². The predicted molar refractivity (Wildman–Crippen MR) is 134 cm³/mol. The monoisotopic (exact) mass is 479 g/mol. The van der Waals surface area contributed by atoms with E-state index < -0.39 is 11.5 Å². The summed E-state index contributed by atoms with van der Waals surface area (Å²) in [6.07, 6.45) is 0.271. The molecule has 0 atom stereocenters. The number of anilines is 1. The van der Waals surface area contributed by atoms with Gasteiger partial charge in [0.1, 0.15) is 11.4 Å². The van der Waals surface area contributed by atoms with Crippen LogP contribution in [0.2, 0.25) is 0 Å². The van der Waals surface area contributed by atoms with Crippen LogP contribution in [0.3, 0.4) is 0 Å². The summed E-state index contributed by atoms with van der Waals surface area (Å²) in [6, 6.07) is 18.3. The van der Waals surface area contributed by atoms with E-state index in [1.165, 1.54) is 24.3 Å². The van der Waals surface area contributed by atoms with Crippen LogP contribution >= 0.6 is 0 Å². The SMILES string of the molecule is Cc1cc(C)cc(N(C)C(=O)c2ccc(CC(=O)Cc3ccc(C(F)(F)C(C)(C)O)cc3)cc2)c1. The molecule has 3 aromatic carbocycles. The van der Waals surface area contributed by atoms with Crippen LogP contribution in [-0.2, 0) is 23.6 Å². The first-order chi connectivity index (χ1) is 16.3. The van der Waals surface area contributed by atoms with Gasteiger partial charge >= 0.3 is 5.92 Å². The molecule has 0 aliphatic heterocycles. The summed E-state index contributed by atoms with van der Waals surface area (Å²) < 4.78 is 28.5. The highest BCUT2D eigenvalue weighted by atomic mass is 19.3. The molecular formula is C29H31F2NO3. The molecule has 1 amide bonds. The number of amides is 1. The highest BCUT2D eigenvalue weighted by molar-refractivity contribution is 6.05. The van der Waals surface area contributed by atoms with Crippen molar-refractivity contribution in [3.63, 3.8) is 0 Å². The highest BCUT2D eigenvalue weighted by Gasteiger charge is 2.46. The fourth-order valence-corrected chi connectivity index (χ4v) is 3.92. The number of ketones is 1. The Labute approximate surface area is 205 Å². The molecule has 0 aliphatic rings. The van der Waals surface area contributed by atoms with Crippen molar-refractivity contribution in [2.75, 3.05) is 11.9 Å². The highest BCUT2D eigenvalue weighted by Crippen LogP contribution is 2.38. The molecule has 0 radical (unpaired) electrons. The van der Waals surface area contributed by atoms with Crippen molar-refractivity contribution in [2.24, 2.45) is 0 Å². The summed E-state index contributed by atoms with van der Waals surface area (Å²) in [7, 11) is 1.73. The van der Waals surface area contributed by atoms with Crippen LogP contribution in [0.25, 0.3) is 0 Å². The number of benzene rings is 3. The summed E-state index contributed by atoms with van der Waals surface area (Å²) >= 11 is 0. The summed E-state index contributed by atoms with van der Waals surface area (Å²) in [4.78, 5) is 27.0. The van der Waals surface area contributed by atoms with Gasteiger partial charge in [0, 0.05) is 36.7 Å². The van der Waals surface area contributed by atoms with Gasteiger partial charge in [0.15, 0.2) is 0 Å². The summed E-state index contributed by atoms with van der Waals surface area (Å²) in [5.41, 5.74) is 2.39. The van der Waals surface area contributed by atoms with Crippen LogP contribution in [0.5, 0.6) is 0 Å². The van der Waals surface area contributed by atoms with Crippen LogP contribution in [0.4, 0.5) is 14.5 Å². The summed E-state index contributed by atoms with van der Waals surface area (Å²) in [6.45, 7) is 6.09. The Balaban J connectivity index is 1.62. The molecule has 0 fully saturated rings. The number of aliphatic hydroxyl groups is 1. The third-order valence-corrected chi connectivity index (χ3v) is 5.99. The number of aryl methyl sites for hydroxylation is 2. The molecule has 0 spiro atoms. The number of nitrogens with zero attached hydrogens (tertiary/aromatic N) is 1. The molecule has 184 valence electrons. The molecule has 6 heteroatoms. The second kappa shape index (κ2) is 10.1. The Hall–Kier alpha value is -3.38. The van der Waals surface area contributed by atoms with E-state index in [1.54, 1.807) is 36.2 Å². The zero-order valence-corrected chi connectivity index (χ0v) is 20.7. The fourth-order valence-electron chi connectivity index (χ4n) is 3.92. The average Bonchev–Trinajstić information content (AvgIpc) is 2.77. The third-order valence-electron chi connectivity index (χ3n) is 5.99. The molecule has 3 aromatic rings. The van der Waals surface area contributed by atoms with Crippen molar-refractivity contribution in [1.82, 2.24) is 0 Å². The first kappa shape index (κ1) is 26.2. The lowest BCUT2D eigenvalue weighted by Gasteiger charge is -2.29. The van der Waals surface area contributed by atoms with Gasteiger partial charge in [-0.1, -0.05) is 42.5 Å². The van der Waals surface area contributed by atoms with E-state index in [0.717, 1.165) is 36.2 Å². The van der Waals surface area contributed by atoms with E-state index in [-0.39, 0.29) is 30.1 Å². The standard InChI is InChI=1S/C29H31F2NO3/c1-19-14-20(2)16-25(15-19)32(5)27(34)23-10-6-21(7-11-23)17-26(33)18-22-8-12-24(13-9-22)29(30,31)28(3,4)35/h6-16,35H,17-18H2,1-5H3. The largest absolute Gasteiger partial charge is 0.384 e. The minimum atomic E-state index is -3.40. The Morgan fingerprint density at radius 2 is 1.29 bits per heavy atom. The quantitative estimate of drug-likeness (QED) is 0.444. The van der Waals surface area contributed by atoms with Crippen molar-refractivity contribution in [3.8, 4) is 0 Å². The van der Waals surface area contributed by atoms with Gasteiger partial charge in [-0.25, -0.2) is 0 Å². The molecular weight excluding hydrogens is 448 g/mol. The molecule has 0 saturated carbocycles. The number of hydrogen-bond donors (Lipinski definition) is 1. The van der Waals surface area contributed by atoms with Gasteiger partial charge in [0.2, 0.25) is 0 Å². The van der Waals surface area contributed by atoms with Crippen molar-refractivity contribution in [2.45, 2.75) is 52.1 Å². The molecule has 0 aliphatic carbocycles. The number of carbonyl (C=O) groups is 2. The Kier molecular flexibility index (Phi) is 7.56. The first-order valence-corrected chi connectivity index (χ1v) is 11.4. The number of hydrogen-bond acceptors (Lipinski definition) is 3. The van der Waals surface area contributed by atoms with Crippen LogP contribution in [-0.4, -0.2) is 29.4 Å². The Morgan fingerprint density at radius 3 is 1.74 bits per heavy atom. The van der Waals surface area contributed by atoms with Crippen molar-refractivity contribution < 1.29 is 23.5 Å². The lowest BCUT2D eigenvalue weighted by Crippen LogP contribution is -2.40. The zero-order valence-electron chi connectivity index (χ0n) is 20.7. The summed E-state index contributed by atoms with van der Waals surface area (Å²) in [5, 5.41) is 9.71. The molecule has 4 nitrogen and oxygen atoms in total. The second-order valence-electron chi connectivity index (χ2n) is 9.63. The molecule has 0 aromatic heterocycles. The van der Waals surface area contributed by atoms with Crippen LogP contribution < -0.4 is 4.90 Å². The molecule has 0 saturated heterocycles. The van der Waals surface area contributed by atoms with Crippen LogP contribution in [0, 0.1) is 13.8 Å². The molecule has 0 unspecified atom stereocenters. The van der Waals surface area contributed by atoms with Gasteiger partial charge in [-0.2, -0.15) is 8.78 Å². The smallest absolute Gasteiger partial charge is 0.300 e. The van der Waals surface area contributed by atoms with Crippen molar-refractivity contribution in [1.29, 1.82) is 0 Å². The molecule has 1 N–H and O–H groups in total. The molecule has 3 rings (SSSR count). The van der Waals surface area contributed by atoms with E-state index in [0.29, 0.717) is 11.1 Å². The number of rotatable bonds is 8. The van der Waals surface area contributed by atoms with Crippen LogP contribution in [0.15, 0.2) is 66.7 Å². The van der Waals surface area contributed by atoms with Crippen molar-refractivity contribution in [3.05, 3.63) is 100 Å². The maximum absolute atomic E-state index is 14.3.